The van der Waals surface area contributed by atoms with Crippen LogP contribution in [-0.4, -0.2) is 8.42 Å². The Bertz CT molecular complexity index is 760. The van der Waals surface area contributed by atoms with Gasteiger partial charge >= 0.3 is 0 Å². The molecule has 4 nitrogen and oxygen atoms in total. The lowest BCUT2D eigenvalue weighted by atomic mass is 10.2. The topological polar surface area (TPSA) is 70.0 Å². The third-order valence-electron chi connectivity index (χ3n) is 2.33. The highest BCUT2D eigenvalue weighted by atomic mass is 79.9. The first kappa shape index (κ1) is 14.1. The molecular weight excluding hydrogens is 348 g/mol. The van der Waals surface area contributed by atoms with Gasteiger partial charge in [-0.3, -0.25) is 4.72 Å². The van der Waals surface area contributed by atoms with Gasteiger partial charge in [0.05, 0.1) is 11.3 Å². The van der Waals surface area contributed by atoms with Crippen LogP contribution in [0.5, 0.6) is 0 Å². The van der Waals surface area contributed by atoms with Gasteiger partial charge in [0.15, 0.2) is 0 Å². The number of nitrogens with one attached hydrogen (secondary N) is 1. The minimum Gasteiger partial charge on any atom is -0.278 e. The van der Waals surface area contributed by atoms with Crippen LogP contribution in [0.25, 0.3) is 0 Å². The van der Waals surface area contributed by atoms with Crippen LogP contribution in [0.4, 0.5) is 5.69 Å². The fourth-order valence-electron chi connectivity index (χ4n) is 1.45. The summed E-state index contributed by atoms with van der Waals surface area (Å²) in [4.78, 5) is 0.912. The van der Waals surface area contributed by atoms with Crippen molar-refractivity contribution in [2.24, 2.45) is 0 Å². The van der Waals surface area contributed by atoms with Crippen LogP contribution in [0, 0.1) is 18.3 Å². The molecule has 0 radical (unpaired) electrons. The molecule has 0 bridgehead atoms. The molecule has 98 valence electrons. The zero-order valence-electron chi connectivity index (χ0n) is 9.84. The molecule has 0 fully saturated rings. The van der Waals surface area contributed by atoms with Crippen molar-refractivity contribution in [1.82, 2.24) is 0 Å². The lowest BCUT2D eigenvalue weighted by Gasteiger charge is -2.08. The molecule has 0 atom stereocenters. The number of aryl methyl sites for hydroxylation is 1. The Labute approximate surface area is 123 Å². The van der Waals surface area contributed by atoms with Crippen molar-refractivity contribution in [3.63, 3.8) is 0 Å². The number of sulfonamides is 1. The average Bonchev–Trinajstić information content (AvgIpc) is 2.76. The maximum Gasteiger partial charge on any atom is 0.271 e. The van der Waals surface area contributed by atoms with Gasteiger partial charge in [0.25, 0.3) is 10.0 Å². The van der Waals surface area contributed by atoms with E-state index in [-0.39, 0.29) is 15.5 Å². The molecule has 0 amide bonds. The third-order valence-corrected chi connectivity index (χ3v) is 5.68. The lowest BCUT2D eigenvalue weighted by Crippen LogP contribution is -2.12. The highest BCUT2D eigenvalue weighted by Gasteiger charge is 2.18. The van der Waals surface area contributed by atoms with E-state index < -0.39 is 10.0 Å². The summed E-state index contributed by atoms with van der Waals surface area (Å²) >= 11 is 4.44. The van der Waals surface area contributed by atoms with Gasteiger partial charge in [-0.2, -0.15) is 5.26 Å². The molecule has 0 saturated heterocycles. The molecule has 0 saturated carbocycles. The Morgan fingerprint density at radius 3 is 2.63 bits per heavy atom. The maximum absolute atomic E-state index is 12.2. The van der Waals surface area contributed by atoms with Gasteiger partial charge in [0.2, 0.25) is 0 Å². The number of halogens is 1. The summed E-state index contributed by atoms with van der Waals surface area (Å²) < 4.78 is 27.7. The van der Waals surface area contributed by atoms with Crippen molar-refractivity contribution in [2.45, 2.75) is 11.1 Å². The average molecular weight is 357 g/mol. The number of anilines is 1. The van der Waals surface area contributed by atoms with Crippen LogP contribution in [0.15, 0.2) is 39.0 Å². The van der Waals surface area contributed by atoms with E-state index in [1.165, 1.54) is 11.3 Å². The molecule has 2 aromatic rings. The quantitative estimate of drug-likeness (QED) is 0.914. The van der Waals surface area contributed by atoms with Crippen LogP contribution in [-0.2, 0) is 10.0 Å². The minimum absolute atomic E-state index is 0.230. The molecule has 19 heavy (non-hydrogen) atoms. The van der Waals surface area contributed by atoms with Crippen LogP contribution in [0.3, 0.4) is 0 Å². The Hall–Kier alpha value is -1.36. The fraction of sp³-hybridized carbons (Fsp3) is 0.0833. The zero-order chi connectivity index (χ0) is 14.0. The SMILES string of the molecule is Cc1ccc(S(=O)(=O)Nc2cc(Br)ccc2C#N)s1. The Kier molecular flexibility index (Phi) is 3.94. The van der Waals surface area contributed by atoms with Gasteiger partial charge in [-0.25, -0.2) is 8.42 Å². The van der Waals surface area contributed by atoms with E-state index in [4.69, 9.17) is 5.26 Å². The molecule has 0 unspecified atom stereocenters. The normalized spacial score (nSPS) is 11.0. The van der Waals surface area contributed by atoms with Gasteiger partial charge in [-0.1, -0.05) is 15.9 Å². The number of nitrogens with zero attached hydrogens (tertiary/aromatic N) is 1. The summed E-state index contributed by atoms with van der Waals surface area (Å²) in [5.41, 5.74) is 0.544. The monoisotopic (exact) mass is 356 g/mol. The zero-order valence-corrected chi connectivity index (χ0v) is 13.1. The first-order valence-electron chi connectivity index (χ1n) is 5.21. The van der Waals surface area contributed by atoms with Crippen molar-refractivity contribution in [2.75, 3.05) is 4.72 Å². The second-order valence-electron chi connectivity index (χ2n) is 3.77. The summed E-state index contributed by atoms with van der Waals surface area (Å²) in [5, 5.41) is 8.98. The van der Waals surface area contributed by atoms with Gasteiger partial charge in [0.1, 0.15) is 10.3 Å². The highest BCUT2D eigenvalue weighted by Crippen LogP contribution is 2.26. The summed E-state index contributed by atoms with van der Waals surface area (Å²) in [6, 6.07) is 10.1. The van der Waals surface area contributed by atoms with Crippen LogP contribution in [0.1, 0.15) is 10.4 Å². The summed E-state index contributed by atoms with van der Waals surface area (Å²) in [7, 11) is -3.65. The molecule has 1 aromatic carbocycles. The molecule has 7 heteroatoms. The summed E-state index contributed by atoms with van der Waals surface area (Å²) in [6.45, 7) is 1.84. The predicted molar refractivity (Wildman–Crippen MR) is 78.7 cm³/mol. The number of benzene rings is 1. The largest absolute Gasteiger partial charge is 0.278 e. The van der Waals surface area contributed by atoms with Crippen LogP contribution >= 0.6 is 27.3 Å². The molecule has 1 aromatic heterocycles. The molecule has 0 aliphatic rings. The second kappa shape index (κ2) is 5.33. The van der Waals surface area contributed by atoms with E-state index in [1.807, 2.05) is 13.0 Å². The van der Waals surface area contributed by atoms with Gasteiger partial charge < -0.3 is 0 Å². The number of hydrogen-bond donors (Lipinski definition) is 1. The van der Waals surface area contributed by atoms with Crippen LogP contribution < -0.4 is 4.72 Å². The van der Waals surface area contributed by atoms with Gasteiger partial charge in [-0.05, 0) is 37.3 Å². The summed E-state index contributed by atoms with van der Waals surface area (Å²) in [6.07, 6.45) is 0. The number of thiophene rings is 1. The molecule has 0 aliphatic heterocycles. The van der Waals surface area contributed by atoms with E-state index in [0.717, 1.165) is 4.88 Å². The molecule has 0 spiro atoms. The molecule has 2 rings (SSSR count). The Morgan fingerprint density at radius 2 is 2.05 bits per heavy atom. The predicted octanol–water partition coefficient (Wildman–Crippen LogP) is 3.49. The number of rotatable bonds is 3. The first-order chi connectivity index (χ1) is 8.92. The van der Waals surface area contributed by atoms with Crippen molar-refractivity contribution in [3.05, 3.63) is 45.2 Å². The molecule has 1 heterocycles. The standard InChI is InChI=1S/C12H9BrN2O2S2/c1-8-2-5-12(18-8)19(16,17)15-11-6-10(13)4-3-9(11)7-14/h2-6,15H,1H3. The molecular formula is C12H9BrN2O2S2. The van der Waals surface area contributed by atoms with Crippen molar-refractivity contribution in [1.29, 1.82) is 5.26 Å². The smallest absolute Gasteiger partial charge is 0.271 e. The van der Waals surface area contributed by atoms with Crippen molar-refractivity contribution >= 4 is 43.0 Å². The Morgan fingerprint density at radius 1 is 1.32 bits per heavy atom. The maximum atomic E-state index is 12.2. The number of nitriles is 1. The Balaban J connectivity index is 2.41. The van der Waals surface area contributed by atoms with Gasteiger partial charge in [-0.15, -0.1) is 11.3 Å². The van der Waals surface area contributed by atoms with Crippen molar-refractivity contribution < 1.29 is 8.42 Å². The highest BCUT2D eigenvalue weighted by molar-refractivity contribution is 9.10. The summed E-state index contributed by atoms with van der Waals surface area (Å²) in [5.74, 6) is 0. The lowest BCUT2D eigenvalue weighted by molar-refractivity contribution is 0.603. The van der Waals surface area contributed by atoms with Crippen molar-refractivity contribution in [3.8, 4) is 6.07 Å². The van der Waals surface area contributed by atoms with E-state index in [9.17, 15) is 8.42 Å². The minimum atomic E-state index is -3.65. The second-order valence-corrected chi connectivity index (χ2v) is 7.89. The molecule has 1 N–H and O–H groups in total. The van der Waals surface area contributed by atoms with Gasteiger partial charge in [0, 0.05) is 9.35 Å². The van der Waals surface area contributed by atoms with E-state index >= 15 is 0 Å². The van der Waals surface area contributed by atoms with E-state index in [2.05, 4.69) is 20.7 Å². The first-order valence-corrected chi connectivity index (χ1v) is 8.30. The number of hydrogen-bond acceptors (Lipinski definition) is 4. The molecule has 0 aliphatic carbocycles. The van der Waals surface area contributed by atoms with E-state index in [0.29, 0.717) is 4.47 Å². The van der Waals surface area contributed by atoms with Crippen LogP contribution in [0.2, 0.25) is 0 Å². The fourth-order valence-corrected chi connectivity index (χ4v) is 4.16. The third kappa shape index (κ3) is 3.15. The van der Waals surface area contributed by atoms with E-state index in [1.54, 1.807) is 30.3 Å².